The summed E-state index contributed by atoms with van der Waals surface area (Å²) < 4.78 is 42.5. The minimum absolute atomic E-state index is 0.0886. The maximum atomic E-state index is 12.4. The van der Waals surface area contributed by atoms with Crippen molar-refractivity contribution in [3.8, 4) is 11.8 Å². The Balaban J connectivity index is 1.78. The third kappa shape index (κ3) is 5.14. The van der Waals surface area contributed by atoms with Crippen LogP contribution in [0.4, 0.5) is 19.0 Å². The summed E-state index contributed by atoms with van der Waals surface area (Å²) in [4.78, 5) is 3.98. The van der Waals surface area contributed by atoms with Crippen LogP contribution in [0.15, 0.2) is 42.6 Å². The van der Waals surface area contributed by atoms with Crippen molar-refractivity contribution in [3.63, 3.8) is 0 Å². The van der Waals surface area contributed by atoms with Gasteiger partial charge in [0.25, 0.3) is 0 Å². The minimum Gasteiger partial charge on any atom is -0.491 e. The lowest BCUT2D eigenvalue weighted by Crippen LogP contribution is -2.26. The highest BCUT2D eigenvalue weighted by atomic mass is 19.4. The minimum atomic E-state index is -4.39. The van der Waals surface area contributed by atoms with Crippen LogP contribution in [0, 0.1) is 11.3 Å². The number of aliphatic hydroxyl groups excluding tert-OH is 1. The molecule has 0 saturated carbocycles. The van der Waals surface area contributed by atoms with E-state index in [-0.39, 0.29) is 18.9 Å². The summed E-state index contributed by atoms with van der Waals surface area (Å²) in [5, 5.41) is 21.3. The van der Waals surface area contributed by atoms with Gasteiger partial charge >= 0.3 is 6.18 Å². The monoisotopic (exact) mass is 337 g/mol. The molecule has 0 amide bonds. The molecule has 1 aromatic heterocycles. The Kier molecular flexibility index (Phi) is 5.60. The fourth-order valence-electron chi connectivity index (χ4n) is 1.78. The van der Waals surface area contributed by atoms with E-state index in [1.807, 2.05) is 6.07 Å². The van der Waals surface area contributed by atoms with Crippen LogP contribution in [0.3, 0.4) is 0 Å². The van der Waals surface area contributed by atoms with Crippen molar-refractivity contribution in [1.29, 1.82) is 5.26 Å². The summed E-state index contributed by atoms with van der Waals surface area (Å²) in [6, 6.07) is 9.36. The van der Waals surface area contributed by atoms with Gasteiger partial charge in [-0.05, 0) is 36.4 Å². The highest BCUT2D eigenvalue weighted by molar-refractivity contribution is 5.39. The van der Waals surface area contributed by atoms with E-state index in [0.717, 1.165) is 12.1 Å². The molecule has 24 heavy (non-hydrogen) atoms. The maximum absolute atomic E-state index is 12.4. The number of aliphatic hydroxyl groups is 1. The van der Waals surface area contributed by atoms with Crippen LogP contribution in [-0.2, 0) is 6.18 Å². The van der Waals surface area contributed by atoms with Crippen molar-refractivity contribution in [1.82, 2.24) is 4.98 Å². The number of anilines is 1. The lowest BCUT2D eigenvalue weighted by atomic mass is 10.2. The number of hydrogen-bond donors (Lipinski definition) is 2. The SMILES string of the molecule is N#Cc1ccc(NCC(O)COc2ccc(C(F)(F)F)cc2)nc1. The number of hydrogen-bond acceptors (Lipinski definition) is 5. The largest absolute Gasteiger partial charge is 0.491 e. The second-order valence-corrected chi connectivity index (χ2v) is 4.91. The third-order valence-corrected chi connectivity index (χ3v) is 3.04. The lowest BCUT2D eigenvalue weighted by Gasteiger charge is -2.14. The number of nitrogens with one attached hydrogen (secondary N) is 1. The average molecular weight is 337 g/mol. The number of benzene rings is 1. The van der Waals surface area contributed by atoms with Gasteiger partial charge in [-0.1, -0.05) is 0 Å². The molecule has 1 unspecified atom stereocenters. The molecule has 0 aliphatic carbocycles. The molecular formula is C16H14F3N3O2. The van der Waals surface area contributed by atoms with Crippen molar-refractivity contribution < 1.29 is 23.0 Å². The van der Waals surface area contributed by atoms with Crippen LogP contribution in [-0.4, -0.2) is 29.3 Å². The van der Waals surface area contributed by atoms with E-state index in [4.69, 9.17) is 10.00 Å². The first kappa shape index (κ1) is 17.6. The van der Waals surface area contributed by atoms with Gasteiger partial charge in [0, 0.05) is 12.7 Å². The molecule has 0 saturated heterocycles. The van der Waals surface area contributed by atoms with E-state index in [9.17, 15) is 18.3 Å². The van der Waals surface area contributed by atoms with Gasteiger partial charge in [-0.15, -0.1) is 0 Å². The van der Waals surface area contributed by atoms with Gasteiger partial charge < -0.3 is 15.2 Å². The van der Waals surface area contributed by atoms with Crippen molar-refractivity contribution >= 4 is 5.82 Å². The van der Waals surface area contributed by atoms with E-state index in [1.54, 1.807) is 12.1 Å². The zero-order chi connectivity index (χ0) is 17.6. The van der Waals surface area contributed by atoms with Gasteiger partial charge in [-0.2, -0.15) is 18.4 Å². The van der Waals surface area contributed by atoms with E-state index in [0.29, 0.717) is 11.4 Å². The summed E-state index contributed by atoms with van der Waals surface area (Å²) in [5.41, 5.74) is -0.337. The van der Waals surface area contributed by atoms with Gasteiger partial charge in [-0.25, -0.2) is 4.98 Å². The smallest absolute Gasteiger partial charge is 0.416 e. The standard InChI is InChI=1S/C16H14F3N3O2/c17-16(18,19)12-2-4-14(5-3-12)24-10-13(23)9-22-15-6-1-11(7-20)8-21-15/h1-6,8,13,23H,9-10H2,(H,21,22). The molecule has 8 heteroatoms. The number of nitrogens with zero attached hydrogens (tertiary/aromatic N) is 2. The Hall–Kier alpha value is -2.79. The molecule has 1 heterocycles. The quantitative estimate of drug-likeness (QED) is 0.847. The fraction of sp³-hybridized carbons (Fsp3) is 0.250. The van der Waals surface area contributed by atoms with Crippen LogP contribution in [0.1, 0.15) is 11.1 Å². The summed E-state index contributed by atoms with van der Waals surface area (Å²) >= 11 is 0. The number of aromatic nitrogens is 1. The van der Waals surface area contributed by atoms with Gasteiger partial charge in [-0.3, -0.25) is 0 Å². The Morgan fingerprint density at radius 3 is 2.46 bits per heavy atom. The van der Waals surface area contributed by atoms with Gasteiger partial charge in [0.2, 0.25) is 0 Å². The molecule has 0 aliphatic heterocycles. The zero-order valence-electron chi connectivity index (χ0n) is 12.4. The third-order valence-electron chi connectivity index (χ3n) is 3.04. The van der Waals surface area contributed by atoms with Crippen LogP contribution >= 0.6 is 0 Å². The van der Waals surface area contributed by atoms with Gasteiger partial charge in [0.05, 0.1) is 11.1 Å². The molecule has 5 nitrogen and oxygen atoms in total. The first-order valence-electron chi connectivity index (χ1n) is 6.96. The van der Waals surface area contributed by atoms with E-state index < -0.39 is 17.8 Å². The molecule has 1 aromatic carbocycles. The molecule has 2 aromatic rings. The maximum Gasteiger partial charge on any atom is 0.416 e. The molecule has 2 rings (SSSR count). The average Bonchev–Trinajstić information content (AvgIpc) is 2.58. The zero-order valence-corrected chi connectivity index (χ0v) is 12.4. The number of rotatable bonds is 6. The van der Waals surface area contributed by atoms with Gasteiger partial charge in [0.15, 0.2) is 0 Å². The first-order valence-corrected chi connectivity index (χ1v) is 6.96. The predicted molar refractivity (Wildman–Crippen MR) is 80.4 cm³/mol. The second kappa shape index (κ2) is 7.66. The van der Waals surface area contributed by atoms with Crippen LogP contribution in [0.2, 0.25) is 0 Å². The summed E-state index contributed by atoms with van der Waals surface area (Å²) in [6.45, 7) is 0.0498. The molecule has 2 N–H and O–H groups in total. The first-order chi connectivity index (χ1) is 11.4. The van der Waals surface area contributed by atoms with Gasteiger partial charge in [0.1, 0.15) is 30.3 Å². The highest BCUT2D eigenvalue weighted by Crippen LogP contribution is 2.30. The summed E-state index contributed by atoms with van der Waals surface area (Å²) in [6.07, 6.45) is -3.88. The fourth-order valence-corrected chi connectivity index (χ4v) is 1.78. The Bertz CT molecular complexity index is 694. The summed E-state index contributed by atoms with van der Waals surface area (Å²) in [7, 11) is 0. The van der Waals surface area contributed by atoms with E-state index >= 15 is 0 Å². The second-order valence-electron chi connectivity index (χ2n) is 4.91. The molecule has 126 valence electrons. The van der Waals surface area contributed by atoms with E-state index in [2.05, 4.69) is 10.3 Å². The topological polar surface area (TPSA) is 78.2 Å². The van der Waals surface area contributed by atoms with E-state index in [1.165, 1.54) is 18.3 Å². The molecule has 0 fully saturated rings. The highest BCUT2D eigenvalue weighted by Gasteiger charge is 2.30. The van der Waals surface area contributed by atoms with Crippen LogP contribution in [0.5, 0.6) is 5.75 Å². The molecule has 0 aliphatic rings. The number of nitriles is 1. The predicted octanol–water partition coefficient (Wildman–Crippen LogP) is 2.82. The molecule has 0 spiro atoms. The number of ether oxygens (including phenoxy) is 1. The molecule has 0 bridgehead atoms. The number of halogens is 3. The normalized spacial score (nSPS) is 12.3. The Labute approximate surface area is 136 Å². The molecular weight excluding hydrogens is 323 g/mol. The molecule has 0 radical (unpaired) electrons. The van der Waals surface area contributed by atoms with Crippen molar-refractivity contribution in [2.45, 2.75) is 12.3 Å². The number of pyridine rings is 1. The van der Waals surface area contributed by atoms with Crippen LogP contribution in [0.25, 0.3) is 0 Å². The van der Waals surface area contributed by atoms with Crippen molar-refractivity contribution in [3.05, 3.63) is 53.7 Å². The van der Waals surface area contributed by atoms with Crippen molar-refractivity contribution in [2.75, 3.05) is 18.5 Å². The lowest BCUT2D eigenvalue weighted by molar-refractivity contribution is -0.137. The Morgan fingerprint density at radius 2 is 1.92 bits per heavy atom. The van der Waals surface area contributed by atoms with Crippen molar-refractivity contribution in [2.24, 2.45) is 0 Å². The Morgan fingerprint density at radius 1 is 1.21 bits per heavy atom. The van der Waals surface area contributed by atoms with Crippen LogP contribution < -0.4 is 10.1 Å². The summed E-state index contributed by atoms with van der Waals surface area (Å²) in [5.74, 6) is 0.723. The molecule has 1 atom stereocenters. The number of alkyl halides is 3.